The smallest absolute Gasteiger partial charge is 0.268 e. The summed E-state index contributed by atoms with van der Waals surface area (Å²) in [6, 6.07) is 17.6. The first-order chi connectivity index (χ1) is 16.0. The van der Waals surface area contributed by atoms with E-state index < -0.39 is 15.9 Å². The number of hydrogen-bond acceptors (Lipinski definition) is 5. The molecule has 176 valence electrons. The molecule has 3 aromatic carbocycles. The van der Waals surface area contributed by atoms with Crippen LogP contribution in [0.2, 0.25) is 0 Å². The fourth-order valence-electron chi connectivity index (χ4n) is 3.75. The largest absolute Gasteiger partial charge is 0.495 e. The molecule has 4 rings (SSSR count). The third-order valence-corrected chi connectivity index (χ3v) is 6.99. The van der Waals surface area contributed by atoms with E-state index >= 15 is 0 Å². The first-order valence-corrected chi connectivity index (χ1v) is 12.3. The van der Waals surface area contributed by atoms with Crippen LogP contribution in [0.3, 0.4) is 0 Å². The maximum Gasteiger partial charge on any atom is 0.268 e. The van der Waals surface area contributed by atoms with Gasteiger partial charge >= 0.3 is 0 Å². The zero-order valence-corrected chi connectivity index (χ0v) is 20.6. The number of aromatic nitrogens is 2. The fraction of sp³-hybridized carbons (Fsp3) is 0.231. The van der Waals surface area contributed by atoms with Crippen LogP contribution in [0.5, 0.6) is 5.75 Å². The number of nitrogens with zero attached hydrogens (tertiary/aromatic N) is 2. The molecule has 0 aliphatic carbocycles. The van der Waals surface area contributed by atoms with Gasteiger partial charge < -0.3 is 4.74 Å². The number of fused-ring (bicyclic) bond motifs is 1. The molecular weight excluding hydrogens is 450 g/mol. The average Bonchev–Trinajstić information content (AvgIpc) is 3.23. The van der Waals surface area contributed by atoms with E-state index in [1.165, 1.54) is 7.11 Å². The maximum absolute atomic E-state index is 13.2. The summed E-state index contributed by atoms with van der Waals surface area (Å²) >= 11 is 0. The molecule has 34 heavy (non-hydrogen) atoms. The molecular formula is C26H27N3O4S. The SMILES string of the molecule is COc1ccc(C(C)(C)C)cc1S(=O)(=O)NC(=O)c1ccc2c(-n3ccc(C)n3)cccc2c1. The molecule has 0 aliphatic rings. The molecule has 0 fully saturated rings. The lowest BCUT2D eigenvalue weighted by molar-refractivity contribution is 0.0981. The van der Waals surface area contributed by atoms with Crippen LogP contribution in [-0.4, -0.2) is 31.2 Å². The monoisotopic (exact) mass is 477 g/mol. The molecule has 0 spiro atoms. The second kappa shape index (κ2) is 8.61. The van der Waals surface area contributed by atoms with E-state index in [0.717, 1.165) is 27.7 Å². The van der Waals surface area contributed by atoms with Gasteiger partial charge in [0.05, 0.1) is 18.5 Å². The Morgan fingerprint density at radius 3 is 2.44 bits per heavy atom. The van der Waals surface area contributed by atoms with Gasteiger partial charge in [-0.1, -0.05) is 45.0 Å². The van der Waals surface area contributed by atoms with E-state index in [2.05, 4.69) is 9.82 Å². The number of carbonyl (C=O) groups is 1. The Morgan fingerprint density at radius 2 is 1.79 bits per heavy atom. The molecule has 0 atom stereocenters. The molecule has 0 aliphatic heterocycles. The minimum absolute atomic E-state index is 0.0760. The average molecular weight is 478 g/mol. The second-order valence-corrected chi connectivity index (χ2v) is 10.8. The number of nitrogens with one attached hydrogen (secondary N) is 1. The van der Waals surface area contributed by atoms with Gasteiger partial charge in [-0.25, -0.2) is 17.8 Å². The molecule has 7 nitrogen and oxygen atoms in total. The van der Waals surface area contributed by atoms with Gasteiger partial charge in [0, 0.05) is 17.1 Å². The molecule has 1 amide bonds. The third-order valence-electron chi connectivity index (χ3n) is 5.64. The molecule has 1 aromatic heterocycles. The van der Waals surface area contributed by atoms with Gasteiger partial charge in [-0.2, -0.15) is 5.10 Å². The predicted octanol–water partition coefficient (Wildman–Crippen LogP) is 4.76. The zero-order valence-electron chi connectivity index (χ0n) is 19.8. The number of hydrogen-bond donors (Lipinski definition) is 1. The van der Waals surface area contributed by atoms with Crippen molar-refractivity contribution in [3.05, 3.63) is 83.7 Å². The molecule has 8 heteroatoms. The third kappa shape index (κ3) is 4.54. The number of aryl methyl sites for hydroxylation is 1. The Balaban J connectivity index is 1.68. The van der Waals surface area contributed by atoms with E-state index in [-0.39, 0.29) is 21.6 Å². The summed E-state index contributed by atoms with van der Waals surface area (Å²) in [5.74, 6) is -0.545. The topological polar surface area (TPSA) is 90.3 Å². The molecule has 0 unspecified atom stereocenters. The summed E-state index contributed by atoms with van der Waals surface area (Å²) < 4.78 is 35.5. The van der Waals surface area contributed by atoms with Crippen LogP contribution in [-0.2, 0) is 15.4 Å². The number of benzene rings is 3. The number of ether oxygens (including phenoxy) is 1. The van der Waals surface area contributed by atoms with Gasteiger partial charge in [-0.3, -0.25) is 4.79 Å². The van der Waals surface area contributed by atoms with Gasteiger partial charge in [0.25, 0.3) is 15.9 Å². The zero-order chi connectivity index (χ0) is 24.7. The van der Waals surface area contributed by atoms with Gasteiger partial charge in [0.1, 0.15) is 10.6 Å². The summed E-state index contributed by atoms with van der Waals surface area (Å²) in [7, 11) is -2.78. The highest BCUT2D eigenvalue weighted by Crippen LogP contribution is 2.31. The molecule has 4 aromatic rings. The highest BCUT2D eigenvalue weighted by atomic mass is 32.2. The lowest BCUT2D eigenvalue weighted by Crippen LogP contribution is -2.31. The van der Waals surface area contributed by atoms with Crippen molar-refractivity contribution in [2.45, 2.75) is 38.0 Å². The Hall–Kier alpha value is -3.65. The molecule has 0 radical (unpaired) electrons. The molecule has 0 saturated carbocycles. The van der Waals surface area contributed by atoms with E-state index in [4.69, 9.17) is 4.74 Å². The number of rotatable bonds is 5. The van der Waals surface area contributed by atoms with Crippen molar-refractivity contribution >= 4 is 26.7 Å². The first-order valence-electron chi connectivity index (χ1n) is 10.8. The summed E-state index contributed by atoms with van der Waals surface area (Å²) in [5, 5.41) is 6.14. The van der Waals surface area contributed by atoms with Gasteiger partial charge in [0.15, 0.2) is 0 Å². The summed E-state index contributed by atoms with van der Waals surface area (Å²) in [5.41, 5.74) is 2.53. The summed E-state index contributed by atoms with van der Waals surface area (Å²) in [6.07, 6.45) is 1.87. The molecule has 0 bridgehead atoms. The van der Waals surface area contributed by atoms with Crippen LogP contribution in [0.15, 0.2) is 71.8 Å². The first kappa shape index (κ1) is 23.5. The van der Waals surface area contributed by atoms with Gasteiger partial charge in [-0.15, -0.1) is 0 Å². The molecule has 1 N–H and O–H groups in total. The van der Waals surface area contributed by atoms with Crippen molar-refractivity contribution in [3.63, 3.8) is 0 Å². The standard InChI is InChI=1S/C26H27N3O4S/c1-17-13-14-29(27-17)22-8-6-7-18-15-19(9-11-21(18)22)25(30)28-34(31,32)24-16-20(26(2,3)4)10-12-23(24)33-5/h6-16H,1-5H3,(H,28,30). The minimum atomic E-state index is -4.17. The Kier molecular flexibility index (Phi) is 5.95. The Bertz CT molecular complexity index is 1500. The normalized spacial score (nSPS) is 12.0. The van der Waals surface area contributed by atoms with E-state index in [1.807, 2.05) is 64.2 Å². The Morgan fingerprint density at radius 1 is 1.03 bits per heavy atom. The number of sulfonamides is 1. The van der Waals surface area contributed by atoms with Gasteiger partial charge in [0.2, 0.25) is 0 Å². The molecule has 0 saturated heterocycles. The summed E-state index contributed by atoms with van der Waals surface area (Å²) in [6.45, 7) is 7.86. The molecule has 1 heterocycles. The van der Waals surface area contributed by atoms with E-state index in [0.29, 0.717) is 0 Å². The lowest BCUT2D eigenvalue weighted by Gasteiger charge is -2.21. The van der Waals surface area contributed by atoms with Crippen LogP contribution in [0.1, 0.15) is 42.4 Å². The van der Waals surface area contributed by atoms with Crippen molar-refractivity contribution in [3.8, 4) is 11.4 Å². The van der Waals surface area contributed by atoms with Crippen LogP contribution >= 0.6 is 0 Å². The predicted molar refractivity (Wildman–Crippen MR) is 132 cm³/mol. The van der Waals surface area contributed by atoms with Crippen molar-refractivity contribution in [2.75, 3.05) is 7.11 Å². The summed E-state index contributed by atoms with van der Waals surface area (Å²) in [4.78, 5) is 12.9. The van der Waals surface area contributed by atoms with E-state index in [9.17, 15) is 13.2 Å². The second-order valence-electron chi connectivity index (χ2n) is 9.17. The van der Waals surface area contributed by atoms with E-state index in [1.54, 1.807) is 35.0 Å². The highest BCUT2D eigenvalue weighted by Gasteiger charge is 2.26. The minimum Gasteiger partial charge on any atom is -0.495 e. The van der Waals surface area contributed by atoms with Crippen LogP contribution < -0.4 is 9.46 Å². The van der Waals surface area contributed by atoms with Crippen molar-refractivity contribution < 1.29 is 17.9 Å². The number of carbonyl (C=O) groups excluding carboxylic acids is 1. The van der Waals surface area contributed by atoms with Crippen molar-refractivity contribution in [1.82, 2.24) is 14.5 Å². The van der Waals surface area contributed by atoms with Crippen molar-refractivity contribution in [1.29, 1.82) is 0 Å². The van der Waals surface area contributed by atoms with Crippen molar-refractivity contribution in [2.24, 2.45) is 0 Å². The quantitative estimate of drug-likeness (QED) is 0.448. The lowest BCUT2D eigenvalue weighted by atomic mass is 9.87. The number of methoxy groups -OCH3 is 1. The van der Waals surface area contributed by atoms with Crippen LogP contribution in [0.4, 0.5) is 0 Å². The van der Waals surface area contributed by atoms with Crippen LogP contribution in [0, 0.1) is 6.92 Å². The highest BCUT2D eigenvalue weighted by molar-refractivity contribution is 7.90. The number of amides is 1. The van der Waals surface area contributed by atoms with Crippen LogP contribution in [0.25, 0.3) is 16.5 Å². The Labute approximate surface area is 199 Å². The van der Waals surface area contributed by atoms with Gasteiger partial charge in [-0.05, 0) is 59.7 Å². The fourth-order valence-corrected chi connectivity index (χ4v) is 4.92. The maximum atomic E-state index is 13.2.